The SMILES string of the molecule is CCc1cccc(F)c1CO. The second kappa shape index (κ2) is 3.49. The molecular weight excluding hydrogens is 143 g/mol. The Bertz CT molecular complexity index is 245. The van der Waals surface area contributed by atoms with Crippen molar-refractivity contribution >= 4 is 0 Å². The Labute approximate surface area is 65.5 Å². The first-order chi connectivity index (χ1) is 5.29. The summed E-state index contributed by atoms with van der Waals surface area (Å²) in [5.74, 6) is -0.313. The van der Waals surface area contributed by atoms with Gasteiger partial charge >= 0.3 is 0 Å². The van der Waals surface area contributed by atoms with Crippen LogP contribution in [0.15, 0.2) is 18.2 Å². The van der Waals surface area contributed by atoms with Crippen LogP contribution in [0.5, 0.6) is 0 Å². The normalized spacial score (nSPS) is 10.1. The molecule has 0 aromatic heterocycles. The van der Waals surface area contributed by atoms with Gasteiger partial charge in [0.2, 0.25) is 0 Å². The van der Waals surface area contributed by atoms with E-state index in [9.17, 15) is 4.39 Å². The van der Waals surface area contributed by atoms with E-state index in [1.807, 2.05) is 13.0 Å². The first kappa shape index (κ1) is 8.21. The van der Waals surface area contributed by atoms with Crippen molar-refractivity contribution in [2.45, 2.75) is 20.0 Å². The Morgan fingerprint density at radius 2 is 2.18 bits per heavy atom. The maximum Gasteiger partial charge on any atom is 0.128 e. The average molecular weight is 154 g/mol. The molecule has 60 valence electrons. The number of rotatable bonds is 2. The Balaban J connectivity index is 3.13. The fourth-order valence-corrected chi connectivity index (χ4v) is 1.11. The van der Waals surface area contributed by atoms with Crippen LogP contribution in [0.4, 0.5) is 4.39 Å². The number of aliphatic hydroxyl groups is 1. The molecule has 0 aliphatic heterocycles. The largest absolute Gasteiger partial charge is 0.392 e. The molecule has 1 aromatic carbocycles. The predicted octanol–water partition coefficient (Wildman–Crippen LogP) is 1.88. The first-order valence-electron chi connectivity index (χ1n) is 3.66. The molecular formula is C9H11FO. The van der Waals surface area contributed by atoms with Crippen LogP contribution in [-0.4, -0.2) is 5.11 Å². The second-order valence-corrected chi connectivity index (χ2v) is 2.39. The van der Waals surface area contributed by atoms with Crippen molar-refractivity contribution in [2.24, 2.45) is 0 Å². The van der Waals surface area contributed by atoms with E-state index in [0.717, 1.165) is 12.0 Å². The molecule has 2 heteroatoms. The summed E-state index contributed by atoms with van der Waals surface area (Å²) in [7, 11) is 0. The zero-order valence-corrected chi connectivity index (χ0v) is 6.47. The molecule has 0 fully saturated rings. The van der Waals surface area contributed by atoms with Gasteiger partial charge in [0.15, 0.2) is 0 Å². The van der Waals surface area contributed by atoms with Gasteiger partial charge in [-0.1, -0.05) is 19.1 Å². The maximum absolute atomic E-state index is 12.9. The Morgan fingerprint density at radius 3 is 2.64 bits per heavy atom. The lowest BCUT2D eigenvalue weighted by Gasteiger charge is -2.04. The van der Waals surface area contributed by atoms with Crippen molar-refractivity contribution in [2.75, 3.05) is 0 Å². The molecule has 1 aromatic rings. The summed E-state index contributed by atoms with van der Waals surface area (Å²) >= 11 is 0. The zero-order chi connectivity index (χ0) is 8.27. The molecule has 1 nitrogen and oxygen atoms in total. The molecule has 11 heavy (non-hydrogen) atoms. The van der Waals surface area contributed by atoms with Crippen LogP contribution < -0.4 is 0 Å². The van der Waals surface area contributed by atoms with Gasteiger partial charge in [-0.15, -0.1) is 0 Å². The predicted molar refractivity (Wildman–Crippen MR) is 41.7 cm³/mol. The number of hydrogen-bond donors (Lipinski definition) is 1. The molecule has 0 saturated carbocycles. The topological polar surface area (TPSA) is 20.2 Å². The summed E-state index contributed by atoms with van der Waals surface area (Å²) in [5, 5.41) is 8.79. The highest BCUT2D eigenvalue weighted by Gasteiger charge is 2.03. The van der Waals surface area contributed by atoms with Crippen molar-refractivity contribution in [1.82, 2.24) is 0 Å². The molecule has 1 N–H and O–H groups in total. The van der Waals surface area contributed by atoms with E-state index in [4.69, 9.17) is 5.11 Å². The summed E-state index contributed by atoms with van der Waals surface area (Å²) < 4.78 is 12.9. The fraction of sp³-hybridized carbons (Fsp3) is 0.333. The fourth-order valence-electron chi connectivity index (χ4n) is 1.11. The monoisotopic (exact) mass is 154 g/mol. The van der Waals surface area contributed by atoms with E-state index in [2.05, 4.69) is 0 Å². The Hall–Kier alpha value is -0.890. The summed E-state index contributed by atoms with van der Waals surface area (Å²) in [6.07, 6.45) is 0.758. The lowest BCUT2D eigenvalue weighted by molar-refractivity contribution is 0.274. The van der Waals surface area contributed by atoms with Gasteiger partial charge in [-0.25, -0.2) is 4.39 Å². The van der Waals surface area contributed by atoms with Crippen LogP contribution in [0.3, 0.4) is 0 Å². The van der Waals surface area contributed by atoms with Gasteiger partial charge in [0.25, 0.3) is 0 Å². The van der Waals surface area contributed by atoms with Crippen molar-refractivity contribution in [3.63, 3.8) is 0 Å². The molecule has 0 radical (unpaired) electrons. The molecule has 0 aliphatic rings. The third-order valence-electron chi connectivity index (χ3n) is 1.75. The number of benzene rings is 1. The van der Waals surface area contributed by atoms with Crippen molar-refractivity contribution in [1.29, 1.82) is 0 Å². The van der Waals surface area contributed by atoms with Gasteiger partial charge in [-0.2, -0.15) is 0 Å². The van der Waals surface area contributed by atoms with E-state index in [1.54, 1.807) is 6.07 Å². The zero-order valence-electron chi connectivity index (χ0n) is 6.47. The van der Waals surface area contributed by atoms with E-state index in [-0.39, 0.29) is 12.4 Å². The lowest BCUT2D eigenvalue weighted by Crippen LogP contribution is -1.95. The second-order valence-electron chi connectivity index (χ2n) is 2.39. The van der Waals surface area contributed by atoms with Crippen LogP contribution >= 0.6 is 0 Å². The molecule has 0 unspecified atom stereocenters. The molecule has 0 amide bonds. The highest BCUT2D eigenvalue weighted by molar-refractivity contribution is 5.27. The van der Waals surface area contributed by atoms with Crippen LogP contribution in [0, 0.1) is 5.82 Å². The van der Waals surface area contributed by atoms with E-state index in [0.29, 0.717) is 5.56 Å². The lowest BCUT2D eigenvalue weighted by atomic mass is 10.1. The van der Waals surface area contributed by atoms with Gasteiger partial charge < -0.3 is 5.11 Å². The summed E-state index contributed by atoms with van der Waals surface area (Å²) in [6, 6.07) is 4.85. The summed E-state index contributed by atoms with van der Waals surface area (Å²) in [4.78, 5) is 0. The van der Waals surface area contributed by atoms with Gasteiger partial charge in [0.05, 0.1) is 6.61 Å². The van der Waals surface area contributed by atoms with E-state index < -0.39 is 0 Å². The van der Waals surface area contributed by atoms with Crippen LogP contribution in [0.1, 0.15) is 18.1 Å². The highest BCUT2D eigenvalue weighted by atomic mass is 19.1. The number of hydrogen-bond acceptors (Lipinski definition) is 1. The molecule has 1 rings (SSSR count). The summed E-state index contributed by atoms with van der Waals surface area (Å²) in [5.41, 5.74) is 1.31. The standard InChI is InChI=1S/C9H11FO/c1-2-7-4-3-5-9(10)8(7)6-11/h3-5,11H,2,6H2,1H3. The minimum absolute atomic E-state index is 0.212. The molecule has 0 aliphatic carbocycles. The molecule has 0 atom stereocenters. The average Bonchev–Trinajstić information content (AvgIpc) is 2.04. The maximum atomic E-state index is 12.9. The van der Waals surface area contributed by atoms with Gasteiger partial charge in [-0.05, 0) is 18.1 Å². The van der Waals surface area contributed by atoms with E-state index in [1.165, 1.54) is 6.07 Å². The number of aliphatic hydroxyl groups excluding tert-OH is 1. The number of halogens is 1. The Morgan fingerprint density at radius 1 is 1.45 bits per heavy atom. The van der Waals surface area contributed by atoms with Crippen LogP contribution in [0.2, 0.25) is 0 Å². The highest BCUT2D eigenvalue weighted by Crippen LogP contribution is 2.13. The van der Waals surface area contributed by atoms with Crippen molar-refractivity contribution in [3.8, 4) is 0 Å². The quantitative estimate of drug-likeness (QED) is 0.689. The molecule has 0 saturated heterocycles. The minimum atomic E-state index is -0.313. The molecule has 0 spiro atoms. The Kier molecular flexibility index (Phi) is 2.60. The third kappa shape index (κ3) is 1.57. The molecule has 0 bridgehead atoms. The van der Waals surface area contributed by atoms with Crippen molar-refractivity contribution < 1.29 is 9.50 Å². The minimum Gasteiger partial charge on any atom is -0.392 e. The van der Waals surface area contributed by atoms with Gasteiger partial charge in [0, 0.05) is 5.56 Å². The molecule has 0 heterocycles. The van der Waals surface area contributed by atoms with Crippen molar-refractivity contribution in [3.05, 3.63) is 35.1 Å². The van der Waals surface area contributed by atoms with Crippen LogP contribution in [-0.2, 0) is 13.0 Å². The van der Waals surface area contributed by atoms with E-state index >= 15 is 0 Å². The third-order valence-corrected chi connectivity index (χ3v) is 1.75. The smallest absolute Gasteiger partial charge is 0.128 e. The van der Waals surface area contributed by atoms with Crippen LogP contribution in [0.25, 0.3) is 0 Å². The van der Waals surface area contributed by atoms with Gasteiger partial charge in [0.1, 0.15) is 5.82 Å². The number of aryl methyl sites for hydroxylation is 1. The first-order valence-corrected chi connectivity index (χ1v) is 3.66. The summed E-state index contributed by atoms with van der Waals surface area (Å²) in [6.45, 7) is 1.73. The van der Waals surface area contributed by atoms with Gasteiger partial charge in [-0.3, -0.25) is 0 Å².